The molecule has 0 radical (unpaired) electrons. The van der Waals surface area contributed by atoms with Gasteiger partial charge in [-0.1, -0.05) is 51.1 Å². The van der Waals surface area contributed by atoms with Crippen LogP contribution in [0, 0.1) is 5.92 Å². The number of ether oxygens (including phenoxy) is 1. The normalized spacial score (nSPS) is 13.0. The summed E-state index contributed by atoms with van der Waals surface area (Å²) in [6.07, 6.45) is 4.88. The van der Waals surface area contributed by atoms with Gasteiger partial charge in [0.05, 0.1) is 18.1 Å². The van der Waals surface area contributed by atoms with Gasteiger partial charge in [0, 0.05) is 24.3 Å². The molecule has 0 aliphatic carbocycles. The highest BCUT2D eigenvalue weighted by molar-refractivity contribution is 5.84. The zero-order valence-electron chi connectivity index (χ0n) is 24.0. The van der Waals surface area contributed by atoms with Gasteiger partial charge in [-0.25, -0.2) is 4.98 Å². The summed E-state index contributed by atoms with van der Waals surface area (Å²) < 4.78 is 7.54. The Hall–Kier alpha value is -4.05. The fourth-order valence-corrected chi connectivity index (χ4v) is 4.33. The maximum Gasteiger partial charge on any atom is 0.322 e. The van der Waals surface area contributed by atoms with Crippen molar-refractivity contribution in [2.45, 2.75) is 72.1 Å². The summed E-state index contributed by atoms with van der Waals surface area (Å²) in [5.41, 5.74) is 10.5. The summed E-state index contributed by atoms with van der Waals surface area (Å²) in [5, 5.41) is 6.79. The van der Waals surface area contributed by atoms with E-state index in [-0.39, 0.29) is 24.7 Å². The summed E-state index contributed by atoms with van der Waals surface area (Å²) in [6, 6.07) is 13.5. The van der Waals surface area contributed by atoms with Gasteiger partial charge in [0.2, 0.25) is 5.95 Å². The van der Waals surface area contributed by atoms with Crippen LogP contribution in [-0.2, 0) is 16.1 Å². The molecule has 0 fully saturated rings. The zero-order chi connectivity index (χ0) is 28.6. The third-order valence-electron chi connectivity index (χ3n) is 6.63. The molecule has 212 valence electrons. The number of esters is 1. The quantitative estimate of drug-likeness (QED) is 0.195. The van der Waals surface area contributed by atoms with Crippen molar-refractivity contribution in [1.82, 2.24) is 24.5 Å². The lowest BCUT2D eigenvalue weighted by Gasteiger charge is -2.20. The molecule has 40 heavy (non-hydrogen) atoms. The van der Waals surface area contributed by atoms with Crippen LogP contribution in [0.2, 0.25) is 0 Å². The number of nitrogens with zero attached hydrogens (tertiary/aromatic N) is 5. The van der Waals surface area contributed by atoms with Gasteiger partial charge in [0.25, 0.3) is 0 Å². The van der Waals surface area contributed by atoms with E-state index in [9.17, 15) is 4.79 Å². The predicted octanol–water partition coefficient (Wildman–Crippen LogP) is 5.19. The van der Waals surface area contributed by atoms with Crippen molar-refractivity contribution in [3.63, 3.8) is 0 Å². The molecular formula is C30H40N8O2. The molecule has 0 saturated heterocycles. The highest BCUT2D eigenvalue weighted by Crippen LogP contribution is 2.25. The zero-order valence-corrected chi connectivity index (χ0v) is 24.0. The molecule has 0 aliphatic heterocycles. The number of hydrogen-bond donors (Lipinski definition) is 3. The second-order valence-electron chi connectivity index (χ2n) is 10.7. The molecule has 3 aromatic heterocycles. The Morgan fingerprint density at radius 2 is 1.82 bits per heavy atom. The van der Waals surface area contributed by atoms with Crippen molar-refractivity contribution < 1.29 is 9.53 Å². The minimum atomic E-state index is -0.626. The Morgan fingerprint density at radius 1 is 1.05 bits per heavy atom. The Balaban J connectivity index is 1.50. The Labute approximate surface area is 235 Å². The van der Waals surface area contributed by atoms with Gasteiger partial charge in [0.1, 0.15) is 12.6 Å². The first-order chi connectivity index (χ1) is 19.2. The summed E-state index contributed by atoms with van der Waals surface area (Å²) >= 11 is 0. The molecule has 0 spiro atoms. The van der Waals surface area contributed by atoms with Crippen molar-refractivity contribution in [3.8, 4) is 11.3 Å². The van der Waals surface area contributed by atoms with Gasteiger partial charge in [-0.3, -0.25) is 9.78 Å². The number of fused-ring (bicyclic) bond motifs is 1. The van der Waals surface area contributed by atoms with E-state index in [1.807, 2.05) is 43.5 Å². The lowest BCUT2D eigenvalue weighted by atomic mass is 10.1. The number of pyridine rings is 1. The summed E-state index contributed by atoms with van der Waals surface area (Å²) in [7, 11) is 0. The van der Waals surface area contributed by atoms with E-state index in [4.69, 9.17) is 20.4 Å². The summed E-state index contributed by atoms with van der Waals surface area (Å²) in [6.45, 7) is 11.0. The fourth-order valence-electron chi connectivity index (χ4n) is 4.33. The Kier molecular flexibility index (Phi) is 9.65. The molecule has 0 saturated carbocycles. The second kappa shape index (κ2) is 13.3. The number of aromatic nitrogens is 5. The van der Waals surface area contributed by atoms with Crippen LogP contribution >= 0.6 is 0 Å². The molecule has 1 unspecified atom stereocenters. The number of hydrogen-bond acceptors (Lipinski definition) is 9. The highest BCUT2D eigenvalue weighted by atomic mass is 16.5. The van der Waals surface area contributed by atoms with Crippen LogP contribution in [0.15, 0.2) is 55.0 Å². The number of nitrogens with two attached hydrogens (primary N) is 1. The van der Waals surface area contributed by atoms with Gasteiger partial charge >= 0.3 is 5.97 Å². The average Bonchev–Trinajstić information content (AvgIpc) is 3.38. The van der Waals surface area contributed by atoms with E-state index in [0.29, 0.717) is 42.6 Å². The van der Waals surface area contributed by atoms with Crippen LogP contribution in [0.1, 0.15) is 59.1 Å². The molecule has 4 rings (SSSR count). The molecule has 4 aromatic rings. The molecule has 0 amide bonds. The molecule has 3 heterocycles. The monoisotopic (exact) mass is 544 g/mol. The first kappa shape index (κ1) is 28.9. The van der Waals surface area contributed by atoms with Crippen LogP contribution in [-0.4, -0.2) is 49.2 Å². The van der Waals surface area contributed by atoms with Crippen LogP contribution in [0.3, 0.4) is 0 Å². The number of benzene rings is 1. The van der Waals surface area contributed by atoms with E-state index < -0.39 is 6.04 Å². The molecule has 2 atom stereocenters. The molecule has 0 bridgehead atoms. The first-order valence-electron chi connectivity index (χ1n) is 13.9. The van der Waals surface area contributed by atoms with E-state index in [0.717, 1.165) is 22.5 Å². The SMILES string of the molecule is CC[C@@H](COC(=O)C(N)CC(C)C)Nc1nc(NCc2ccc(-c3ccccn3)cc2)c2ncn(C(C)C)c2n1. The number of rotatable bonds is 13. The average molecular weight is 545 g/mol. The van der Waals surface area contributed by atoms with Gasteiger partial charge in [-0.05, 0) is 50.3 Å². The van der Waals surface area contributed by atoms with Crippen LogP contribution < -0.4 is 16.4 Å². The van der Waals surface area contributed by atoms with Crippen molar-refractivity contribution in [3.05, 3.63) is 60.6 Å². The Morgan fingerprint density at radius 3 is 2.48 bits per heavy atom. The molecular weight excluding hydrogens is 504 g/mol. The summed E-state index contributed by atoms with van der Waals surface area (Å²) in [5.74, 6) is 1.00. The van der Waals surface area contributed by atoms with E-state index in [1.165, 1.54) is 0 Å². The topological polar surface area (TPSA) is 133 Å². The van der Waals surface area contributed by atoms with Gasteiger partial charge in [-0.2, -0.15) is 9.97 Å². The predicted molar refractivity (Wildman–Crippen MR) is 159 cm³/mol. The number of imidazole rings is 1. The van der Waals surface area contributed by atoms with Gasteiger partial charge in [-0.15, -0.1) is 0 Å². The van der Waals surface area contributed by atoms with Gasteiger partial charge in [0.15, 0.2) is 17.0 Å². The van der Waals surface area contributed by atoms with E-state index in [2.05, 4.69) is 58.7 Å². The molecule has 10 nitrogen and oxygen atoms in total. The van der Waals surface area contributed by atoms with E-state index >= 15 is 0 Å². The minimum Gasteiger partial charge on any atom is -0.462 e. The number of nitrogens with one attached hydrogen (secondary N) is 2. The Bertz CT molecular complexity index is 1390. The molecule has 4 N–H and O–H groups in total. The smallest absolute Gasteiger partial charge is 0.322 e. The lowest BCUT2D eigenvalue weighted by Crippen LogP contribution is -2.36. The fraction of sp³-hybridized carbons (Fsp3) is 0.433. The van der Waals surface area contributed by atoms with Crippen LogP contribution in [0.25, 0.3) is 22.4 Å². The van der Waals surface area contributed by atoms with Crippen molar-refractivity contribution in [2.24, 2.45) is 11.7 Å². The largest absolute Gasteiger partial charge is 0.462 e. The lowest BCUT2D eigenvalue weighted by molar-refractivity contribution is -0.146. The third-order valence-corrected chi connectivity index (χ3v) is 6.63. The van der Waals surface area contributed by atoms with Crippen molar-refractivity contribution >= 4 is 28.9 Å². The second-order valence-corrected chi connectivity index (χ2v) is 10.7. The highest BCUT2D eigenvalue weighted by Gasteiger charge is 2.20. The number of anilines is 2. The standard InChI is InChI=1S/C30H40N8O2/c1-6-23(17-40-29(39)24(31)15-19(2)3)35-30-36-27(26-28(37-30)38(18-34-26)20(4)5)33-16-21-10-12-22(13-11-21)25-9-7-8-14-32-25/h7-14,18-20,23-24H,6,15-17,31H2,1-5H3,(H2,33,35,36,37)/t23-,24?/m0/s1. The number of carbonyl (C=O) groups excluding carboxylic acids is 1. The molecule has 1 aromatic carbocycles. The summed E-state index contributed by atoms with van der Waals surface area (Å²) in [4.78, 5) is 30.9. The van der Waals surface area contributed by atoms with E-state index in [1.54, 1.807) is 12.5 Å². The minimum absolute atomic E-state index is 0.171. The van der Waals surface area contributed by atoms with Crippen molar-refractivity contribution in [2.75, 3.05) is 17.2 Å². The molecule has 10 heteroatoms. The van der Waals surface area contributed by atoms with Gasteiger partial charge < -0.3 is 25.7 Å². The number of carbonyl (C=O) groups is 1. The van der Waals surface area contributed by atoms with Crippen LogP contribution in [0.5, 0.6) is 0 Å². The van der Waals surface area contributed by atoms with Crippen molar-refractivity contribution in [1.29, 1.82) is 0 Å². The maximum absolute atomic E-state index is 12.4. The first-order valence-corrected chi connectivity index (χ1v) is 13.9. The third kappa shape index (κ3) is 7.32. The molecule has 0 aliphatic rings. The maximum atomic E-state index is 12.4. The van der Waals surface area contributed by atoms with Crippen LogP contribution in [0.4, 0.5) is 11.8 Å².